The molecule has 0 aromatic rings. The molecule has 0 amide bonds. The molecule has 94 valence electrons. The summed E-state index contributed by atoms with van der Waals surface area (Å²) < 4.78 is 0. The van der Waals surface area contributed by atoms with E-state index >= 15 is 0 Å². The van der Waals surface area contributed by atoms with Gasteiger partial charge in [-0.3, -0.25) is 5.32 Å². The van der Waals surface area contributed by atoms with Crippen LogP contribution in [0.2, 0.25) is 0 Å². The van der Waals surface area contributed by atoms with E-state index in [2.05, 4.69) is 17.2 Å². The summed E-state index contributed by atoms with van der Waals surface area (Å²) in [6.07, 6.45) is 7.16. The van der Waals surface area contributed by atoms with Crippen molar-refractivity contribution in [1.82, 2.24) is 5.32 Å². The molecule has 4 saturated carbocycles. The van der Waals surface area contributed by atoms with Crippen molar-refractivity contribution in [1.29, 1.82) is 0 Å². The number of hydrogen-bond donors (Lipinski definition) is 2. The third-order valence-electron chi connectivity index (χ3n) is 5.62. The first kappa shape index (κ1) is 11.6. The highest BCUT2D eigenvalue weighted by Crippen LogP contribution is 2.57. The second kappa shape index (κ2) is 4.30. The van der Waals surface area contributed by atoms with Crippen molar-refractivity contribution in [2.24, 2.45) is 29.4 Å². The first-order valence-electron chi connectivity index (χ1n) is 7.13. The minimum atomic E-state index is 0.220. The van der Waals surface area contributed by atoms with Gasteiger partial charge >= 0.3 is 0 Å². The normalized spacial score (nSPS) is 46.7. The van der Waals surface area contributed by atoms with Crippen LogP contribution in [0.1, 0.15) is 39.0 Å². The van der Waals surface area contributed by atoms with Crippen molar-refractivity contribution in [2.45, 2.75) is 44.6 Å². The Balaban J connectivity index is 1.80. The average Bonchev–Trinajstić information content (AvgIpc) is 2.32. The van der Waals surface area contributed by atoms with Crippen molar-refractivity contribution in [3.8, 4) is 11.8 Å². The van der Waals surface area contributed by atoms with Crippen molar-refractivity contribution in [3.63, 3.8) is 0 Å². The fraction of sp³-hybridized carbons (Fsp3) is 0.867. The Hall–Kier alpha value is -0.520. The van der Waals surface area contributed by atoms with E-state index < -0.39 is 0 Å². The van der Waals surface area contributed by atoms with Gasteiger partial charge in [0.15, 0.2) is 0 Å². The van der Waals surface area contributed by atoms with Gasteiger partial charge in [-0.25, -0.2) is 0 Å². The predicted molar refractivity (Wildman–Crippen MR) is 70.3 cm³/mol. The highest BCUT2D eigenvalue weighted by Gasteiger charge is 2.56. The molecule has 0 radical (unpaired) electrons. The molecule has 4 aliphatic rings. The molecular weight excluding hydrogens is 208 g/mol. The fourth-order valence-electron chi connectivity index (χ4n) is 5.02. The zero-order chi connectivity index (χ0) is 11.9. The molecule has 0 aromatic heterocycles. The molecule has 4 bridgehead atoms. The van der Waals surface area contributed by atoms with Gasteiger partial charge in [0.05, 0.1) is 6.54 Å². The summed E-state index contributed by atoms with van der Waals surface area (Å²) in [5, 5.41) is 3.73. The summed E-state index contributed by atoms with van der Waals surface area (Å²) in [6.45, 7) is 3.52. The minimum Gasteiger partial charge on any atom is -0.329 e. The highest BCUT2D eigenvalue weighted by atomic mass is 15.0. The molecule has 2 nitrogen and oxygen atoms in total. The topological polar surface area (TPSA) is 38.0 Å². The second-order valence-electron chi connectivity index (χ2n) is 6.33. The van der Waals surface area contributed by atoms with E-state index in [0.717, 1.165) is 36.8 Å². The van der Waals surface area contributed by atoms with Gasteiger partial charge < -0.3 is 5.73 Å². The van der Waals surface area contributed by atoms with Crippen LogP contribution in [0, 0.1) is 35.5 Å². The van der Waals surface area contributed by atoms with Gasteiger partial charge in [0.1, 0.15) is 0 Å². The molecule has 0 heterocycles. The largest absolute Gasteiger partial charge is 0.329 e. The number of rotatable bonds is 3. The minimum absolute atomic E-state index is 0.220. The van der Waals surface area contributed by atoms with Crippen LogP contribution in [0.4, 0.5) is 0 Å². The van der Waals surface area contributed by atoms with Crippen LogP contribution in [0.3, 0.4) is 0 Å². The maximum Gasteiger partial charge on any atom is 0.0581 e. The lowest BCUT2D eigenvalue weighted by molar-refractivity contribution is -0.0674. The zero-order valence-electron chi connectivity index (χ0n) is 10.8. The Morgan fingerprint density at radius 1 is 1.12 bits per heavy atom. The Morgan fingerprint density at radius 3 is 2.18 bits per heavy atom. The molecule has 4 rings (SSSR count). The van der Waals surface area contributed by atoms with E-state index in [1.165, 1.54) is 32.1 Å². The molecule has 0 spiro atoms. The second-order valence-corrected chi connectivity index (χ2v) is 6.33. The SMILES string of the molecule is CC#CCNC1(CN)C2CC3CC(C2)CC1C3. The molecule has 0 atom stereocenters. The summed E-state index contributed by atoms with van der Waals surface area (Å²) in [5.74, 6) is 9.79. The smallest absolute Gasteiger partial charge is 0.0581 e. The summed E-state index contributed by atoms with van der Waals surface area (Å²) in [7, 11) is 0. The van der Waals surface area contributed by atoms with Gasteiger partial charge in [0.2, 0.25) is 0 Å². The average molecular weight is 232 g/mol. The van der Waals surface area contributed by atoms with Gasteiger partial charge in [-0.1, -0.05) is 5.92 Å². The van der Waals surface area contributed by atoms with E-state index in [0.29, 0.717) is 0 Å². The number of nitrogens with two attached hydrogens (primary N) is 1. The quantitative estimate of drug-likeness (QED) is 0.728. The Morgan fingerprint density at radius 2 is 1.71 bits per heavy atom. The van der Waals surface area contributed by atoms with Crippen LogP contribution in [0.25, 0.3) is 0 Å². The molecule has 0 saturated heterocycles. The van der Waals surface area contributed by atoms with Crippen LogP contribution in [-0.2, 0) is 0 Å². The summed E-state index contributed by atoms with van der Waals surface area (Å²) in [5.41, 5.74) is 6.38. The van der Waals surface area contributed by atoms with Crippen LogP contribution < -0.4 is 11.1 Å². The third-order valence-corrected chi connectivity index (χ3v) is 5.62. The number of nitrogens with one attached hydrogen (secondary N) is 1. The van der Waals surface area contributed by atoms with Crippen molar-refractivity contribution < 1.29 is 0 Å². The lowest BCUT2D eigenvalue weighted by Crippen LogP contribution is -2.68. The maximum absolute atomic E-state index is 6.16. The van der Waals surface area contributed by atoms with Gasteiger partial charge in [0, 0.05) is 12.1 Å². The van der Waals surface area contributed by atoms with Crippen LogP contribution in [-0.4, -0.2) is 18.6 Å². The molecule has 2 heteroatoms. The van der Waals surface area contributed by atoms with Gasteiger partial charge in [-0.2, -0.15) is 0 Å². The van der Waals surface area contributed by atoms with Gasteiger partial charge in [-0.05, 0) is 62.7 Å². The first-order chi connectivity index (χ1) is 8.28. The Bertz CT molecular complexity index is 322. The lowest BCUT2D eigenvalue weighted by Gasteiger charge is -2.61. The first-order valence-corrected chi connectivity index (χ1v) is 7.13. The van der Waals surface area contributed by atoms with Crippen LogP contribution in [0.5, 0.6) is 0 Å². The van der Waals surface area contributed by atoms with Crippen LogP contribution in [0.15, 0.2) is 0 Å². The number of hydrogen-bond acceptors (Lipinski definition) is 2. The van der Waals surface area contributed by atoms with Crippen LogP contribution >= 0.6 is 0 Å². The highest BCUT2D eigenvalue weighted by molar-refractivity contribution is 5.13. The monoisotopic (exact) mass is 232 g/mol. The van der Waals surface area contributed by atoms with E-state index in [1.807, 2.05) is 6.92 Å². The standard InChI is InChI=1S/C15H24N2/c1-2-3-4-17-15(10-16)13-6-11-5-12(8-13)9-14(15)7-11/h11-14,17H,4-10,16H2,1H3. The summed E-state index contributed by atoms with van der Waals surface area (Å²) in [4.78, 5) is 0. The van der Waals surface area contributed by atoms with E-state index in [9.17, 15) is 0 Å². The fourth-order valence-corrected chi connectivity index (χ4v) is 5.02. The molecule has 17 heavy (non-hydrogen) atoms. The summed E-state index contributed by atoms with van der Waals surface area (Å²) >= 11 is 0. The van der Waals surface area contributed by atoms with E-state index in [-0.39, 0.29) is 5.54 Å². The Labute approximate surface area is 105 Å². The van der Waals surface area contributed by atoms with Gasteiger partial charge in [-0.15, -0.1) is 5.92 Å². The molecule has 3 N–H and O–H groups in total. The summed E-state index contributed by atoms with van der Waals surface area (Å²) in [6, 6.07) is 0. The van der Waals surface area contributed by atoms with Crippen molar-refractivity contribution in [3.05, 3.63) is 0 Å². The molecule has 4 aliphatic carbocycles. The molecule has 4 fully saturated rings. The lowest BCUT2D eigenvalue weighted by atomic mass is 9.48. The Kier molecular flexibility index (Phi) is 2.92. The predicted octanol–water partition coefficient (Wildman–Crippen LogP) is 1.75. The molecule has 0 unspecified atom stereocenters. The molecule has 0 aliphatic heterocycles. The van der Waals surface area contributed by atoms with Crippen molar-refractivity contribution >= 4 is 0 Å². The molecule has 0 aromatic carbocycles. The van der Waals surface area contributed by atoms with Crippen molar-refractivity contribution in [2.75, 3.05) is 13.1 Å². The van der Waals surface area contributed by atoms with E-state index in [1.54, 1.807) is 0 Å². The zero-order valence-corrected chi connectivity index (χ0v) is 10.8. The van der Waals surface area contributed by atoms with Gasteiger partial charge in [0.25, 0.3) is 0 Å². The maximum atomic E-state index is 6.16. The van der Waals surface area contributed by atoms with E-state index in [4.69, 9.17) is 5.73 Å². The molecular formula is C15H24N2. The third kappa shape index (κ3) is 1.72.